The van der Waals surface area contributed by atoms with Crippen LogP contribution in [0.15, 0.2) is 30.9 Å². The van der Waals surface area contributed by atoms with Crippen LogP contribution in [0, 0.1) is 25.7 Å². The summed E-state index contributed by atoms with van der Waals surface area (Å²) in [5.74, 6) is -2.54. The van der Waals surface area contributed by atoms with Gasteiger partial charge < -0.3 is 24.4 Å². The molecule has 1 aromatic rings. The Hall–Kier alpha value is -2.23. The van der Waals surface area contributed by atoms with E-state index in [0.717, 1.165) is 16.8 Å². The Labute approximate surface area is 220 Å². The van der Waals surface area contributed by atoms with E-state index in [9.17, 15) is 19.5 Å². The second kappa shape index (κ2) is 10.6. The van der Waals surface area contributed by atoms with E-state index in [1.807, 2.05) is 32.0 Å². The van der Waals surface area contributed by atoms with Crippen LogP contribution >= 0.6 is 15.9 Å². The molecule has 1 N–H and O–H groups in total. The maximum atomic E-state index is 14.5. The highest BCUT2D eigenvalue weighted by atomic mass is 79.9. The molecule has 6 atom stereocenters. The van der Waals surface area contributed by atoms with Crippen LogP contribution in [0.1, 0.15) is 37.3 Å². The van der Waals surface area contributed by atoms with Gasteiger partial charge in [-0.2, -0.15) is 0 Å². The normalized spacial score (nSPS) is 30.4. The van der Waals surface area contributed by atoms with E-state index >= 15 is 0 Å². The summed E-state index contributed by atoms with van der Waals surface area (Å²) in [6, 6.07) is 4.95. The number of aryl methyl sites for hydroxylation is 2. The van der Waals surface area contributed by atoms with Gasteiger partial charge in [0.25, 0.3) is 5.91 Å². The smallest absolute Gasteiger partial charge is 0.312 e. The fraction of sp³-hybridized carbons (Fsp3) is 0.593. The lowest BCUT2D eigenvalue weighted by Crippen LogP contribution is -2.57. The van der Waals surface area contributed by atoms with Crippen LogP contribution in [0.3, 0.4) is 0 Å². The number of unbranched alkanes of at least 4 members (excludes halogenated alkanes) is 1. The standard InChI is InChI=1S/C27H35BrN2O6/c1-5-12-29(21-16(3)10-9-11-17(21)4)25(33)23-27-15-18(28)22(36-27)19(26(34)35-6-2)20(27)24(32)30(23)13-7-8-14-31/h5,9-11,18-20,22-23,31H,1,6-8,12-15H2,2-4H3/t18?,19-,20-,22-,23?,27?/m0/s1. The van der Waals surface area contributed by atoms with E-state index < -0.39 is 35.6 Å². The molecule has 4 rings (SSSR count). The van der Waals surface area contributed by atoms with E-state index in [0.29, 0.717) is 25.8 Å². The van der Waals surface area contributed by atoms with E-state index in [1.54, 1.807) is 22.8 Å². The van der Waals surface area contributed by atoms with Crippen molar-refractivity contribution in [2.75, 3.05) is 31.2 Å². The summed E-state index contributed by atoms with van der Waals surface area (Å²) in [7, 11) is 0. The number of aliphatic hydroxyl groups excluding tert-OH is 1. The van der Waals surface area contributed by atoms with Gasteiger partial charge >= 0.3 is 5.97 Å². The molecule has 9 heteroatoms. The Balaban J connectivity index is 1.81. The number of likely N-dealkylation sites (tertiary alicyclic amines) is 1. The number of para-hydroxylation sites is 1. The zero-order chi connectivity index (χ0) is 26.2. The molecule has 36 heavy (non-hydrogen) atoms. The van der Waals surface area contributed by atoms with Gasteiger partial charge in [-0.1, -0.05) is 40.2 Å². The second-order valence-corrected chi connectivity index (χ2v) is 11.0. The maximum absolute atomic E-state index is 14.5. The van der Waals surface area contributed by atoms with Gasteiger partial charge in [0.05, 0.1) is 24.5 Å². The number of anilines is 1. The molecule has 3 heterocycles. The molecule has 2 amide bonds. The maximum Gasteiger partial charge on any atom is 0.312 e. The van der Waals surface area contributed by atoms with Crippen molar-refractivity contribution in [3.05, 3.63) is 42.0 Å². The van der Waals surface area contributed by atoms with Crippen molar-refractivity contribution in [3.63, 3.8) is 0 Å². The Bertz CT molecular complexity index is 1030. The first-order chi connectivity index (χ1) is 17.2. The molecule has 196 valence electrons. The molecule has 0 aliphatic carbocycles. The number of ether oxygens (including phenoxy) is 2. The minimum absolute atomic E-state index is 0.00624. The van der Waals surface area contributed by atoms with Gasteiger partial charge in [-0.3, -0.25) is 14.4 Å². The van der Waals surface area contributed by atoms with Gasteiger partial charge in [-0.05, 0) is 51.2 Å². The Morgan fingerprint density at radius 3 is 2.64 bits per heavy atom. The van der Waals surface area contributed by atoms with E-state index in [2.05, 4.69) is 22.5 Å². The Morgan fingerprint density at radius 1 is 1.33 bits per heavy atom. The highest BCUT2D eigenvalue weighted by molar-refractivity contribution is 9.09. The topological polar surface area (TPSA) is 96.4 Å². The number of aliphatic hydroxyl groups is 1. The number of nitrogens with zero attached hydrogens (tertiary/aromatic N) is 2. The van der Waals surface area contributed by atoms with Crippen molar-refractivity contribution in [3.8, 4) is 0 Å². The van der Waals surface area contributed by atoms with Crippen LogP contribution in [-0.2, 0) is 23.9 Å². The van der Waals surface area contributed by atoms with Crippen molar-refractivity contribution >= 4 is 39.4 Å². The number of benzene rings is 1. The molecule has 0 aromatic heterocycles. The van der Waals surface area contributed by atoms with Crippen molar-refractivity contribution in [1.82, 2.24) is 4.90 Å². The lowest BCUT2D eigenvalue weighted by Gasteiger charge is -2.37. The fourth-order valence-corrected chi connectivity index (χ4v) is 7.29. The van der Waals surface area contributed by atoms with E-state index in [-0.39, 0.29) is 36.4 Å². The highest BCUT2D eigenvalue weighted by Gasteiger charge is 2.77. The zero-order valence-corrected chi connectivity index (χ0v) is 22.7. The molecular weight excluding hydrogens is 528 g/mol. The molecule has 3 saturated heterocycles. The molecule has 1 spiro atoms. The summed E-state index contributed by atoms with van der Waals surface area (Å²) in [5, 5.41) is 9.34. The average molecular weight is 563 g/mol. The number of carbonyl (C=O) groups excluding carboxylic acids is 3. The predicted molar refractivity (Wildman–Crippen MR) is 139 cm³/mol. The van der Waals surface area contributed by atoms with Gasteiger partial charge in [0.15, 0.2) is 0 Å². The Morgan fingerprint density at radius 2 is 2.03 bits per heavy atom. The summed E-state index contributed by atoms with van der Waals surface area (Å²) in [6.07, 6.45) is 2.60. The third-order valence-corrected chi connectivity index (χ3v) is 8.52. The molecule has 1 aromatic carbocycles. The summed E-state index contributed by atoms with van der Waals surface area (Å²) in [5.41, 5.74) is 1.53. The van der Waals surface area contributed by atoms with E-state index in [4.69, 9.17) is 9.47 Å². The predicted octanol–water partition coefficient (Wildman–Crippen LogP) is 2.91. The van der Waals surface area contributed by atoms with Gasteiger partial charge in [-0.15, -0.1) is 6.58 Å². The number of rotatable bonds is 10. The molecule has 3 unspecified atom stereocenters. The minimum atomic E-state index is -1.14. The number of alkyl halides is 1. The van der Waals surface area contributed by atoms with Crippen LogP contribution < -0.4 is 4.90 Å². The number of amides is 2. The van der Waals surface area contributed by atoms with Crippen LogP contribution in [0.5, 0.6) is 0 Å². The van der Waals surface area contributed by atoms with Crippen LogP contribution in [0.2, 0.25) is 0 Å². The number of fused-ring (bicyclic) bond motifs is 1. The zero-order valence-electron chi connectivity index (χ0n) is 21.1. The number of halogens is 1. The first kappa shape index (κ1) is 26.8. The summed E-state index contributed by atoms with van der Waals surface area (Å²) in [4.78, 5) is 44.5. The molecule has 3 aliphatic heterocycles. The fourth-order valence-electron chi connectivity index (χ4n) is 6.35. The van der Waals surface area contributed by atoms with Crippen LogP contribution in [0.25, 0.3) is 0 Å². The monoisotopic (exact) mass is 562 g/mol. The van der Waals surface area contributed by atoms with Crippen molar-refractivity contribution < 1.29 is 29.0 Å². The Kier molecular flexibility index (Phi) is 7.92. The summed E-state index contributed by atoms with van der Waals surface area (Å²) < 4.78 is 11.9. The van der Waals surface area contributed by atoms with Gasteiger partial charge in [0, 0.05) is 30.2 Å². The SMILES string of the molecule is C=CCN(C(=O)C1N(CCCCO)C(=O)[C@@H]2[C@H](C(=O)OCC)[C@H]3OC12CC3Br)c1c(C)cccc1C. The summed E-state index contributed by atoms with van der Waals surface area (Å²) >= 11 is 3.67. The third-order valence-electron chi connectivity index (χ3n) is 7.68. The lowest BCUT2D eigenvalue weighted by atomic mass is 9.70. The average Bonchev–Trinajstić information content (AvgIpc) is 3.42. The molecule has 0 saturated carbocycles. The molecule has 8 nitrogen and oxygen atoms in total. The van der Waals surface area contributed by atoms with Gasteiger partial charge in [0.2, 0.25) is 5.91 Å². The van der Waals surface area contributed by atoms with Crippen molar-refractivity contribution in [1.29, 1.82) is 0 Å². The second-order valence-electron chi connectivity index (χ2n) is 9.86. The van der Waals surface area contributed by atoms with Crippen molar-refractivity contribution in [2.24, 2.45) is 11.8 Å². The van der Waals surface area contributed by atoms with Crippen LogP contribution in [0.4, 0.5) is 5.69 Å². The van der Waals surface area contributed by atoms with Crippen molar-refractivity contribution in [2.45, 2.75) is 62.6 Å². The lowest BCUT2D eigenvalue weighted by molar-refractivity contribution is -0.154. The third kappa shape index (κ3) is 4.19. The largest absolute Gasteiger partial charge is 0.466 e. The highest BCUT2D eigenvalue weighted by Crippen LogP contribution is 2.60. The number of carbonyl (C=O) groups is 3. The summed E-state index contributed by atoms with van der Waals surface area (Å²) in [6.45, 7) is 10.3. The first-order valence-electron chi connectivity index (χ1n) is 12.6. The molecule has 3 aliphatic rings. The van der Waals surface area contributed by atoms with E-state index in [1.165, 1.54) is 0 Å². The molecule has 0 radical (unpaired) electrons. The number of hydrogen-bond acceptors (Lipinski definition) is 6. The van der Waals surface area contributed by atoms with Gasteiger partial charge in [-0.25, -0.2) is 0 Å². The van der Waals surface area contributed by atoms with Crippen LogP contribution in [-0.4, -0.2) is 76.7 Å². The minimum Gasteiger partial charge on any atom is -0.466 e. The molecule has 3 fully saturated rings. The number of hydrogen-bond donors (Lipinski definition) is 1. The first-order valence-corrected chi connectivity index (χ1v) is 13.5. The number of esters is 1. The van der Waals surface area contributed by atoms with Gasteiger partial charge in [0.1, 0.15) is 11.6 Å². The molecule has 2 bridgehead atoms. The quantitative estimate of drug-likeness (QED) is 0.204. The molecular formula is C27H35BrN2O6.